The van der Waals surface area contributed by atoms with Crippen LogP contribution in [0, 0.1) is 6.92 Å². The molecule has 0 radical (unpaired) electrons. The highest BCUT2D eigenvalue weighted by Gasteiger charge is 2.24. The standard InChI is InChI=1S/C20H20Cl3N3OS/c1-12-9-14(22)11-17-18(12)24-20(28-17)26(8-4-7-25(2)3)19(27)15-10-13(21)5-6-16(15)23/h5-6,9-11H,4,7-8H2,1-3H3. The van der Waals surface area contributed by atoms with Gasteiger partial charge in [-0.15, -0.1) is 0 Å². The van der Waals surface area contributed by atoms with E-state index in [0.717, 1.165) is 28.7 Å². The minimum absolute atomic E-state index is 0.214. The summed E-state index contributed by atoms with van der Waals surface area (Å²) in [5.41, 5.74) is 2.20. The maximum absolute atomic E-state index is 13.3. The highest BCUT2D eigenvalue weighted by molar-refractivity contribution is 7.22. The molecule has 0 aliphatic rings. The lowest BCUT2D eigenvalue weighted by molar-refractivity contribution is 0.0986. The average molecular weight is 457 g/mol. The third-order valence-electron chi connectivity index (χ3n) is 4.26. The first-order valence-electron chi connectivity index (χ1n) is 8.74. The Morgan fingerprint density at radius 3 is 2.54 bits per heavy atom. The summed E-state index contributed by atoms with van der Waals surface area (Å²) in [4.78, 5) is 21.8. The molecule has 1 heterocycles. The third kappa shape index (κ3) is 4.78. The molecule has 1 amide bonds. The zero-order chi connectivity index (χ0) is 20.4. The number of hydrogen-bond acceptors (Lipinski definition) is 4. The Kier molecular flexibility index (Phi) is 6.84. The molecule has 148 valence electrons. The Labute approximate surface area is 183 Å². The third-order valence-corrected chi connectivity index (χ3v) is 6.07. The van der Waals surface area contributed by atoms with E-state index in [0.29, 0.717) is 32.3 Å². The largest absolute Gasteiger partial charge is 0.309 e. The van der Waals surface area contributed by atoms with Crippen LogP contribution < -0.4 is 4.90 Å². The molecule has 2 aromatic carbocycles. The summed E-state index contributed by atoms with van der Waals surface area (Å²) < 4.78 is 0.947. The summed E-state index contributed by atoms with van der Waals surface area (Å²) >= 11 is 20.0. The lowest BCUT2D eigenvalue weighted by Crippen LogP contribution is -2.33. The van der Waals surface area contributed by atoms with E-state index in [9.17, 15) is 4.79 Å². The van der Waals surface area contributed by atoms with Gasteiger partial charge < -0.3 is 4.90 Å². The van der Waals surface area contributed by atoms with Crippen molar-refractivity contribution in [3.05, 3.63) is 56.5 Å². The van der Waals surface area contributed by atoms with E-state index in [-0.39, 0.29) is 5.91 Å². The van der Waals surface area contributed by atoms with Gasteiger partial charge in [0.15, 0.2) is 5.13 Å². The maximum atomic E-state index is 13.3. The summed E-state index contributed by atoms with van der Waals surface area (Å²) in [6.07, 6.45) is 0.798. The van der Waals surface area contributed by atoms with Gasteiger partial charge >= 0.3 is 0 Å². The van der Waals surface area contributed by atoms with Crippen molar-refractivity contribution in [3.63, 3.8) is 0 Å². The number of nitrogens with zero attached hydrogens (tertiary/aromatic N) is 3. The van der Waals surface area contributed by atoms with E-state index in [4.69, 9.17) is 39.8 Å². The number of benzene rings is 2. The van der Waals surface area contributed by atoms with Crippen molar-refractivity contribution in [1.82, 2.24) is 9.88 Å². The van der Waals surface area contributed by atoms with Gasteiger partial charge in [0.25, 0.3) is 5.91 Å². The maximum Gasteiger partial charge on any atom is 0.261 e. The van der Waals surface area contributed by atoms with E-state index >= 15 is 0 Å². The first-order valence-corrected chi connectivity index (χ1v) is 10.7. The van der Waals surface area contributed by atoms with Crippen LogP contribution in [0.15, 0.2) is 30.3 Å². The SMILES string of the molecule is Cc1cc(Cl)cc2sc(N(CCCN(C)C)C(=O)c3cc(Cl)ccc3Cl)nc12. The van der Waals surface area contributed by atoms with Crippen molar-refractivity contribution < 1.29 is 4.79 Å². The van der Waals surface area contributed by atoms with Gasteiger partial charge in [-0.3, -0.25) is 9.69 Å². The van der Waals surface area contributed by atoms with E-state index in [1.54, 1.807) is 23.1 Å². The summed E-state index contributed by atoms with van der Waals surface area (Å²) in [7, 11) is 4.01. The molecule has 0 saturated carbocycles. The molecule has 3 aromatic rings. The lowest BCUT2D eigenvalue weighted by Gasteiger charge is -2.21. The first-order chi connectivity index (χ1) is 13.3. The zero-order valence-electron chi connectivity index (χ0n) is 15.8. The fourth-order valence-electron chi connectivity index (χ4n) is 2.89. The highest BCUT2D eigenvalue weighted by atomic mass is 35.5. The second-order valence-corrected chi connectivity index (χ2v) is 9.09. The molecule has 0 N–H and O–H groups in total. The average Bonchev–Trinajstić information content (AvgIpc) is 3.04. The van der Waals surface area contributed by atoms with Gasteiger partial charge in [-0.1, -0.05) is 46.1 Å². The van der Waals surface area contributed by atoms with Gasteiger partial charge in [-0.25, -0.2) is 4.98 Å². The van der Waals surface area contributed by atoms with Crippen molar-refractivity contribution >= 4 is 67.4 Å². The summed E-state index contributed by atoms with van der Waals surface area (Å²) in [5, 5.41) is 2.11. The van der Waals surface area contributed by atoms with Crippen LogP contribution in [0.25, 0.3) is 10.2 Å². The number of halogens is 3. The topological polar surface area (TPSA) is 36.4 Å². The highest BCUT2D eigenvalue weighted by Crippen LogP contribution is 2.34. The van der Waals surface area contributed by atoms with Crippen LogP contribution in [0.2, 0.25) is 15.1 Å². The van der Waals surface area contributed by atoms with E-state index in [1.807, 2.05) is 33.2 Å². The minimum Gasteiger partial charge on any atom is -0.309 e. The second-order valence-electron chi connectivity index (χ2n) is 6.80. The van der Waals surface area contributed by atoms with Crippen LogP contribution in [-0.2, 0) is 0 Å². The van der Waals surface area contributed by atoms with Crippen molar-refractivity contribution in [1.29, 1.82) is 0 Å². The van der Waals surface area contributed by atoms with E-state index in [2.05, 4.69) is 4.90 Å². The van der Waals surface area contributed by atoms with Crippen molar-refractivity contribution in [2.45, 2.75) is 13.3 Å². The number of hydrogen-bond donors (Lipinski definition) is 0. The van der Waals surface area contributed by atoms with Crippen molar-refractivity contribution in [3.8, 4) is 0 Å². The lowest BCUT2D eigenvalue weighted by atomic mass is 10.2. The zero-order valence-corrected chi connectivity index (χ0v) is 18.9. The smallest absolute Gasteiger partial charge is 0.261 e. The summed E-state index contributed by atoms with van der Waals surface area (Å²) in [6.45, 7) is 3.33. The summed E-state index contributed by atoms with van der Waals surface area (Å²) in [6, 6.07) is 8.65. The molecule has 4 nitrogen and oxygen atoms in total. The predicted molar refractivity (Wildman–Crippen MR) is 121 cm³/mol. The summed E-state index contributed by atoms with van der Waals surface area (Å²) in [5.74, 6) is -0.214. The number of aryl methyl sites for hydroxylation is 1. The molecule has 0 atom stereocenters. The van der Waals surface area contributed by atoms with Gasteiger partial charge in [0, 0.05) is 16.6 Å². The molecular weight excluding hydrogens is 437 g/mol. The number of amides is 1. The molecule has 3 rings (SSSR count). The normalized spacial score (nSPS) is 11.4. The Bertz CT molecular complexity index is 1020. The first kappa shape index (κ1) is 21.3. The molecule has 28 heavy (non-hydrogen) atoms. The molecule has 0 bridgehead atoms. The van der Waals surface area contributed by atoms with E-state index in [1.165, 1.54) is 11.3 Å². The molecule has 1 aromatic heterocycles. The van der Waals surface area contributed by atoms with Crippen LogP contribution in [0.3, 0.4) is 0 Å². The Morgan fingerprint density at radius 2 is 1.82 bits per heavy atom. The monoisotopic (exact) mass is 455 g/mol. The number of rotatable bonds is 6. The molecule has 0 unspecified atom stereocenters. The van der Waals surface area contributed by atoms with Crippen LogP contribution in [0.4, 0.5) is 5.13 Å². The van der Waals surface area contributed by atoms with Gasteiger partial charge in [0.1, 0.15) is 0 Å². The molecule has 0 aliphatic carbocycles. The Hall–Kier alpha value is -1.37. The second kappa shape index (κ2) is 8.97. The predicted octanol–water partition coefficient (Wildman–Crippen LogP) is 6.16. The van der Waals surface area contributed by atoms with Crippen LogP contribution >= 0.6 is 46.1 Å². The van der Waals surface area contributed by atoms with Gasteiger partial charge in [0.05, 0.1) is 20.8 Å². The molecule has 8 heteroatoms. The number of fused-ring (bicyclic) bond motifs is 1. The fraction of sp³-hybridized carbons (Fsp3) is 0.300. The molecule has 0 aliphatic heterocycles. The van der Waals surface area contributed by atoms with Crippen molar-refractivity contribution in [2.24, 2.45) is 0 Å². The Balaban J connectivity index is 2.02. The fourth-order valence-corrected chi connectivity index (χ4v) is 4.71. The number of anilines is 1. The van der Waals surface area contributed by atoms with Crippen LogP contribution in [0.5, 0.6) is 0 Å². The number of thiazole rings is 1. The number of carbonyl (C=O) groups is 1. The van der Waals surface area contributed by atoms with Crippen LogP contribution in [-0.4, -0.2) is 43.0 Å². The van der Waals surface area contributed by atoms with Crippen molar-refractivity contribution in [2.75, 3.05) is 32.1 Å². The van der Waals surface area contributed by atoms with Crippen LogP contribution in [0.1, 0.15) is 22.3 Å². The quantitative estimate of drug-likeness (QED) is 0.445. The Morgan fingerprint density at radius 1 is 1.07 bits per heavy atom. The number of aromatic nitrogens is 1. The number of carbonyl (C=O) groups excluding carboxylic acids is 1. The molecule has 0 saturated heterocycles. The van der Waals surface area contributed by atoms with Gasteiger partial charge in [0.2, 0.25) is 0 Å². The molecule has 0 spiro atoms. The van der Waals surface area contributed by atoms with E-state index < -0.39 is 0 Å². The van der Waals surface area contributed by atoms with Gasteiger partial charge in [-0.05, 0) is 69.9 Å². The minimum atomic E-state index is -0.214. The van der Waals surface area contributed by atoms with Gasteiger partial charge in [-0.2, -0.15) is 0 Å². The molecular formula is C20H20Cl3N3OS. The molecule has 0 fully saturated rings.